The number of rotatable bonds is 8. The van der Waals surface area contributed by atoms with Crippen LogP contribution in [0.25, 0.3) is 87.6 Å². The van der Waals surface area contributed by atoms with Crippen molar-refractivity contribution < 1.29 is 27.5 Å². The van der Waals surface area contributed by atoms with Gasteiger partial charge >= 0.3 is 27.0 Å². The van der Waals surface area contributed by atoms with Crippen molar-refractivity contribution >= 4 is 112 Å². The first-order valence-corrected chi connectivity index (χ1v) is 26.6. The summed E-state index contributed by atoms with van der Waals surface area (Å²) in [7, 11) is 4.57. The third-order valence-electron chi connectivity index (χ3n) is 13.3. The molecule has 2 atom stereocenters. The van der Waals surface area contributed by atoms with Crippen molar-refractivity contribution in [2.24, 2.45) is 9.98 Å². The van der Waals surface area contributed by atoms with Crippen LogP contribution in [0.2, 0.25) is 20.1 Å². The van der Waals surface area contributed by atoms with Gasteiger partial charge in [0, 0.05) is 32.5 Å². The normalized spacial score (nSPS) is 15.0. The summed E-state index contributed by atoms with van der Waals surface area (Å²) in [5, 5.41) is 39.7. The summed E-state index contributed by atoms with van der Waals surface area (Å²) in [6.45, 7) is 0. The van der Waals surface area contributed by atoms with E-state index in [9.17, 15) is 0 Å². The van der Waals surface area contributed by atoms with Crippen LogP contribution in [0.3, 0.4) is 0 Å². The zero-order valence-electron chi connectivity index (χ0n) is 37.3. The van der Waals surface area contributed by atoms with Gasteiger partial charge < -0.3 is 10.2 Å². The van der Waals surface area contributed by atoms with Crippen LogP contribution >= 0.6 is 56.1 Å². The first-order chi connectivity index (χ1) is 34.2. The summed E-state index contributed by atoms with van der Waals surface area (Å²) < 4.78 is 0. The van der Waals surface area contributed by atoms with Gasteiger partial charge in [-0.05, 0) is 160 Å². The van der Waals surface area contributed by atoms with E-state index < -0.39 is 0 Å². The summed E-state index contributed by atoms with van der Waals surface area (Å²) >= 11 is 28.1. The Morgan fingerprint density at radius 3 is 1.10 bits per heavy atom. The molecule has 1 aliphatic carbocycles. The zero-order valence-corrected chi connectivity index (χ0v) is 42.8. The van der Waals surface area contributed by atoms with Gasteiger partial charge in [0.2, 0.25) is 0 Å². The third-order valence-corrected chi connectivity index (χ3v) is 14.1. The molecule has 11 rings (SSSR count). The molecule has 0 heterocycles. The Morgan fingerprint density at radius 2 is 0.729 bits per heavy atom. The molecule has 0 spiro atoms. The maximum atomic E-state index is 15.1. The van der Waals surface area contributed by atoms with Gasteiger partial charge in [0.1, 0.15) is 0 Å². The largest absolute Gasteiger partial charge is 0.872 e. The van der Waals surface area contributed by atoms with Gasteiger partial charge in [-0.15, -0.1) is 0 Å². The molecule has 1 saturated carbocycles. The summed E-state index contributed by atoms with van der Waals surface area (Å²) in [4.78, 5) is 10.3. The Bertz CT molecular complexity index is 3420. The molecule has 0 amide bonds. The molecule has 70 heavy (non-hydrogen) atoms. The van der Waals surface area contributed by atoms with E-state index in [1.807, 2.05) is 139 Å². The van der Waals surface area contributed by atoms with E-state index >= 15 is 10.2 Å². The molecule has 1 fully saturated rings. The van der Waals surface area contributed by atoms with Gasteiger partial charge in [-0.1, -0.05) is 192 Å². The van der Waals surface area contributed by atoms with E-state index in [1.54, 1.807) is 24.6 Å². The van der Waals surface area contributed by atoms with Crippen LogP contribution in [-0.2, 0) is 17.3 Å². The molecule has 0 radical (unpaired) electrons. The minimum atomic E-state index is -0.205. The van der Waals surface area contributed by atoms with E-state index in [-0.39, 0.29) is 23.6 Å². The van der Waals surface area contributed by atoms with Gasteiger partial charge in [-0.25, -0.2) is 0 Å². The van der Waals surface area contributed by atoms with Crippen LogP contribution in [-0.4, -0.2) is 24.5 Å². The molecule has 0 aliphatic heterocycles. The van der Waals surface area contributed by atoms with Crippen molar-refractivity contribution in [1.82, 2.24) is 0 Å². The van der Waals surface area contributed by atoms with E-state index in [0.717, 1.165) is 102 Å². The first-order valence-electron chi connectivity index (χ1n) is 22.8. The number of halogens is 5. The number of hydrogen-bond donors (Lipinski definition) is 0. The summed E-state index contributed by atoms with van der Waals surface area (Å²) in [6.07, 6.45) is 7.04. The average Bonchev–Trinajstić information content (AvgIpc) is 3.37. The second-order valence-corrected chi connectivity index (χ2v) is 19.2. The fraction of sp³-hybridized carbons (Fsp3) is 0.100. The number of benzene rings is 10. The van der Waals surface area contributed by atoms with Crippen LogP contribution < -0.4 is 10.2 Å². The molecule has 0 N–H and O–H groups in total. The molecule has 1 aliphatic rings. The molecule has 0 bridgehead atoms. The van der Waals surface area contributed by atoms with Crippen molar-refractivity contribution in [3.63, 3.8) is 0 Å². The SMILES string of the molecule is [Cl][Ru+2].[O-]c1c(C=N[C@H]2CCCC[C@@H]2N=Cc2cc3ccccc3c(-c3c(-c4cc(Cl)cc(Cl)c4)ccc4ccccc34)c2[O-])cc2ccccc2c1-c1c(-c2cc(Cl)cc(Cl)c2)ccc2ccccc12. The third kappa shape index (κ3) is 9.45. The number of fused-ring (bicyclic) bond motifs is 4. The smallest absolute Gasteiger partial charge is 0.0723 e. The molecule has 4 nitrogen and oxygen atoms in total. The van der Waals surface area contributed by atoms with Crippen LogP contribution in [0.4, 0.5) is 0 Å². The minimum Gasteiger partial charge on any atom is -0.872 e. The van der Waals surface area contributed by atoms with Crippen LogP contribution in [0.15, 0.2) is 180 Å². The fourth-order valence-electron chi connectivity index (χ4n) is 10.2. The summed E-state index contributed by atoms with van der Waals surface area (Å²) in [6, 6.07) is 54.9. The molecular weight excluding hydrogens is 1060 g/mol. The molecule has 10 aromatic rings. The van der Waals surface area contributed by atoms with Crippen LogP contribution in [0.5, 0.6) is 11.5 Å². The Balaban J connectivity index is 0.00000280. The molecular formula is C60H40Cl5N2O2Ru. The molecule has 10 aromatic carbocycles. The monoisotopic (exact) mass is 1100 g/mol. The topological polar surface area (TPSA) is 70.8 Å². The average molecular weight is 1100 g/mol. The van der Waals surface area contributed by atoms with E-state index in [2.05, 4.69) is 46.1 Å². The molecule has 0 unspecified atom stereocenters. The maximum absolute atomic E-state index is 15.1. The zero-order chi connectivity index (χ0) is 48.5. The molecule has 0 saturated heterocycles. The van der Waals surface area contributed by atoms with Gasteiger partial charge in [0.25, 0.3) is 0 Å². The Labute approximate surface area is 440 Å². The van der Waals surface area contributed by atoms with Gasteiger partial charge in [-0.2, -0.15) is 0 Å². The van der Waals surface area contributed by atoms with Crippen molar-refractivity contribution in [2.75, 3.05) is 0 Å². The number of nitrogens with zero attached hydrogens (tertiary/aromatic N) is 2. The maximum Gasteiger partial charge on any atom is 0.0723 e. The van der Waals surface area contributed by atoms with E-state index in [0.29, 0.717) is 42.3 Å². The predicted octanol–water partition coefficient (Wildman–Crippen LogP) is 17.3. The van der Waals surface area contributed by atoms with Crippen molar-refractivity contribution in [3.8, 4) is 56.0 Å². The van der Waals surface area contributed by atoms with E-state index in [4.69, 9.17) is 56.4 Å². The Hall–Kier alpha value is -5.75. The molecule has 10 heteroatoms. The Morgan fingerprint density at radius 1 is 0.400 bits per heavy atom. The van der Waals surface area contributed by atoms with Gasteiger partial charge in [0.15, 0.2) is 0 Å². The minimum absolute atomic E-state index is 0.124. The molecule has 345 valence electrons. The van der Waals surface area contributed by atoms with Crippen molar-refractivity contribution in [2.45, 2.75) is 37.8 Å². The van der Waals surface area contributed by atoms with Crippen LogP contribution in [0.1, 0.15) is 36.8 Å². The van der Waals surface area contributed by atoms with Crippen LogP contribution in [0, 0.1) is 0 Å². The first kappa shape index (κ1) is 47.9. The fourth-order valence-corrected chi connectivity index (χ4v) is 11.2. The summed E-state index contributed by atoms with van der Waals surface area (Å²) in [5.74, 6) is -0.247. The second-order valence-electron chi connectivity index (χ2n) is 17.5. The van der Waals surface area contributed by atoms with Gasteiger partial charge in [-0.3, -0.25) is 9.98 Å². The second kappa shape index (κ2) is 20.9. The summed E-state index contributed by atoms with van der Waals surface area (Å²) in [5.41, 5.74) is 7.13. The number of hydrogen-bond acceptors (Lipinski definition) is 4. The van der Waals surface area contributed by atoms with Crippen molar-refractivity contribution in [1.29, 1.82) is 0 Å². The standard InChI is InChI=1S/C60H42Cl4N2O2.ClH.Ru/c61-43-27-39(28-44(62)31-43)51-23-21-35-11-1-5-15-47(35)55(51)57-49-17-7-3-13-37(49)25-41(59(57)67)33-65-53-19-9-10-20-54(53)66-34-42-26-38-14-4-8-18-50(38)58(60(42)68)56-48-16-6-2-12-36(48)22-24-52(56)40-29-45(63)32-46(64)30-40;;/h1-8,11-18,21-34,53-54,67-68H,9-10,19-20H2;1H;/q;;+3/p-3/t53-,54-;;/m0../s1. The van der Waals surface area contributed by atoms with E-state index in [1.165, 1.54) is 0 Å². The Kier molecular flexibility index (Phi) is 14.3. The predicted molar refractivity (Wildman–Crippen MR) is 291 cm³/mol. The van der Waals surface area contributed by atoms with Gasteiger partial charge in [0.05, 0.1) is 12.1 Å². The quantitative estimate of drug-likeness (QED) is 0.112. The van der Waals surface area contributed by atoms with Crippen molar-refractivity contribution in [3.05, 3.63) is 201 Å². The number of aliphatic imine (C=N–C) groups is 2. The molecule has 0 aromatic heterocycles.